The molecule has 0 saturated carbocycles. The maximum absolute atomic E-state index is 13.7. The zero-order valence-electron chi connectivity index (χ0n) is 20.2. The molecule has 0 N–H and O–H groups in total. The van der Waals surface area contributed by atoms with Crippen molar-refractivity contribution in [3.63, 3.8) is 0 Å². The Morgan fingerprint density at radius 2 is 1.63 bits per heavy atom. The first-order chi connectivity index (χ1) is 17.0. The Morgan fingerprint density at radius 3 is 2.29 bits per heavy atom. The third-order valence-corrected chi connectivity index (χ3v) is 7.00. The fraction of sp³-hybridized carbons (Fsp3) is 0.462. The van der Waals surface area contributed by atoms with Crippen LogP contribution in [0.2, 0.25) is 0 Å². The first-order valence-electron chi connectivity index (χ1n) is 11.9. The molecule has 2 aromatic carbocycles. The van der Waals surface area contributed by atoms with Crippen molar-refractivity contribution in [3.05, 3.63) is 35.9 Å². The minimum absolute atomic E-state index is 0.0620. The average Bonchev–Trinajstić information content (AvgIpc) is 3.59. The number of carbonyl (C=O) groups excluding carboxylic acids is 2. The van der Waals surface area contributed by atoms with Crippen LogP contribution in [0.1, 0.15) is 37.3 Å². The monoisotopic (exact) mass is 482 g/mol. The molecule has 9 heteroatoms. The van der Waals surface area contributed by atoms with Gasteiger partial charge in [-0.2, -0.15) is 0 Å². The van der Waals surface area contributed by atoms with Gasteiger partial charge in [0.25, 0.3) is 0 Å². The van der Waals surface area contributed by atoms with Gasteiger partial charge in [-0.25, -0.2) is 0 Å². The Labute approximate surface area is 204 Å². The van der Waals surface area contributed by atoms with Crippen molar-refractivity contribution in [2.24, 2.45) is 5.92 Å². The molecule has 186 valence electrons. The Hall–Kier alpha value is -3.62. The lowest BCUT2D eigenvalue weighted by atomic mass is 9.82. The van der Waals surface area contributed by atoms with E-state index in [2.05, 4.69) is 0 Å². The van der Waals surface area contributed by atoms with E-state index < -0.39 is 12.0 Å². The van der Waals surface area contributed by atoms with Crippen LogP contribution in [0, 0.1) is 5.92 Å². The van der Waals surface area contributed by atoms with E-state index in [0.29, 0.717) is 40.9 Å². The number of rotatable bonds is 6. The van der Waals surface area contributed by atoms with Crippen LogP contribution < -0.4 is 28.6 Å². The summed E-state index contributed by atoms with van der Waals surface area (Å²) < 4.78 is 27.7. The average molecular weight is 483 g/mol. The summed E-state index contributed by atoms with van der Waals surface area (Å²) in [6.07, 6.45) is 2.74. The molecular weight excluding hydrogens is 452 g/mol. The molecule has 0 spiro atoms. The van der Waals surface area contributed by atoms with Gasteiger partial charge in [-0.3, -0.25) is 9.59 Å². The molecule has 0 aliphatic carbocycles. The fourth-order valence-corrected chi connectivity index (χ4v) is 5.32. The van der Waals surface area contributed by atoms with Crippen molar-refractivity contribution in [2.45, 2.75) is 31.7 Å². The van der Waals surface area contributed by atoms with Gasteiger partial charge in [0.1, 0.15) is 0 Å². The molecule has 35 heavy (non-hydrogen) atoms. The van der Waals surface area contributed by atoms with Crippen LogP contribution in [0.4, 0.5) is 5.69 Å². The van der Waals surface area contributed by atoms with E-state index in [1.165, 1.54) is 0 Å². The van der Waals surface area contributed by atoms with Gasteiger partial charge in [0.05, 0.1) is 33.3 Å². The summed E-state index contributed by atoms with van der Waals surface area (Å²) >= 11 is 0. The largest absolute Gasteiger partial charge is 0.493 e. The number of fused-ring (bicyclic) bond motifs is 1. The lowest BCUT2D eigenvalue weighted by molar-refractivity contribution is -0.137. The Kier molecular flexibility index (Phi) is 6.32. The molecule has 0 radical (unpaired) electrons. The Morgan fingerprint density at radius 1 is 0.943 bits per heavy atom. The van der Waals surface area contributed by atoms with Crippen LogP contribution in [-0.2, 0) is 9.59 Å². The predicted octanol–water partition coefficient (Wildman–Crippen LogP) is 3.55. The summed E-state index contributed by atoms with van der Waals surface area (Å²) in [6.45, 7) is 1.63. The molecule has 2 aromatic rings. The van der Waals surface area contributed by atoms with E-state index in [4.69, 9.17) is 23.7 Å². The molecule has 0 unspecified atom stereocenters. The number of piperidine rings is 1. The number of nitrogens with zero attached hydrogens (tertiary/aromatic N) is 2. The highest BCUT2D eigenvalue weighted by molar-refractivity contribution is 5.98. The molecule has 2 amide bonds. The molecule has 0 aromatic heterocycles. The number of carbonyl (C=O) groups is 2. The third-order valence-electron chi connectivity index (χ3n) is 7.00. The van der Waals surface area contributed by atoms with Gasteiger partial charge in [-0.15, -0.1) is 0 Å². The van der Waals surface area contributed by atoms with Crippen LogP contribution in [0.25, 0.3) is 0 Å². The molecule has 3 heterocycles. The molecule has 0 bridgehead atoms. The zero-order valence-corrected chi connectivity index (χ0v) is 20.2. The van der Waals surface area contributed by atoms with Crippen molar-refractivity contribution in [1.29, 1.82) is 0 Å². The molecule has 5 rings (SSSR count). The highest BCUT2D eigenvalue weighted by atomic mass is 16.7. The summed E-state index contributed by atoms with van der Waals surface area (Å²) in [4.78, 5) is 30.8. The second-order valence-electron chi connectivity index (χ2n) is 8.88. The van der Waals surface area contributed by atoms with E-state index in [1.807, 2.05) is 23.1 Å². The highest BCUT2D eigenvalue weighted by Crippen LogP contribution is 2.47. The van der Waals surface area contributed by atoms with E-state index in [-0.39, 0.29) is 25.0 Å². The number of anilines is 1. The fourth-order valence-electron chi connectivity index (χ4n) is 5.32. The lowest BCUT2D eigenvalue weighted by Gasteiger charge is -2.42. The van der Waals surface area contributed by atoms with E-state index in [1.54, 1.807) is 38.4 Å². The molecule has 3 aliphatic rings. The highest BCUT2D eigenvalue weighted by Gasteiger charge is 2.44. The molecule has 2 atom stereocenters. The van der Waals surface area contributed by atoms with Crippen molar-refractivity contribution >= 4 is 17.5 Å². The molecule has 2 fully saturated rings. The van der Waals surface area contributed by atoms with Gasteiger partial charge in [0.15, 0.2) is 23.0 Å². The van der Waals surface area contributed by atoms with Crippen LogP contribution in [0.3, 0.4) is 0 Å². The van der Waals surface area contributed by atoms with E-state index in [9.17, 15) is 9.59 Å². The third kappa shape index (κ3) is 4.09. The lowest BCUT2D eigenvalue weighted by Crippen LogP contribution is -2.49. The van der Waals surface area contributed by atoms with Gasteiger partial charge in [-0.1, -0.05) is 0 Å². The summed E-state index contributed by atoms with van der Waals surface area (Å²) in [5.41, 5.74) is 1.39. The topological polar surface area (TPSA) is 86.8 Å². The summed E-state index contributed by atoms with van der Waals surface area (Å²) in [5, 5.41) is 0. The summed E-state index contributed by atoms with van der Waals surface area (Å²) in [6, 6.07) is 8.53. The van der Waals surface area contributed by atoms with Gasteiger partial charge in [-0.05, 0) is 49.1 Å². The van der Waals surface area contributed by atoms with Crippen LogP contribution >= 0.6 is 0 Å². The normalized spacial score (nSPS) is 21.3. The molecule has 3 aliphatic heterocycles. The number of ether oxygens (including phenoxy) is 5. The Balaban J connectivity index is 1.65. The first kappa shape index (κ1) is 23.1. The van der Waals surface area contributed by atoms with Crippen LogP contribution in [0.15, 0.2) is 30.3 Å². The van der Waals surface area contributed by atoms with E-state index in [0.717, 1.165) is 31.5 Å². The van der Waals surface area contributed by atoms with Crippen molar-refractivity contribution in [2.75, 3.05) is 46.1 Å². The minimum Gasteiger partial charge on any atom is -0.493 e. The summed E-state index contributed by atoms with van der Waals surface area (Å²) in [7, 11) is 4.65. The SMILES string of the molecule is COc1cc([C@@H]2[C@@H](C(=O)N3CCCC3)CCC(=O)N2c2ccc3c(c2)OCO3)cc(OC)c1OC. The molecular formula is C26H30N2O7. The molecule has 2 saturated heterocycles. The number of hydrogen-bond acceptors (Lipinski definition) is 7. The van der Waals surface area contributed by atoms with Crippen molar-refractivity contribution in [1.82, 2.24) is 4.90 Å². The number of likely N-dealkylation sites (tertiary alicyclic amines) is 1. The second-order valence-corrected chi connectivity index (χ2v) is 8.88. The minimum atomic E-state index is -0.557. The van der Waals surface area contributed by atoms with Crippen LogP contribution in [-0.4, -0.2) is 57.9 Å². The standard InChI is InChI=1S/C26H30N2O7/c1-31-21-12-16(13-22(32-2)25(21)33-3)24-18(26(30)27-10-4-5-11-27)7-9-23(29)28(24)17-6-8-19-20(14-17)35-15-34-19/h6,8,12-14,18,24H,4-5,7,9-11,15H2,1-3H3/t18-,24+/m0/s1. The van der Waals surface area contributed by atoms with E-state index >= 15 is 0 Å². The van der Waals surface area contributed by atoms with Gasteiger partial charge >= 0.3 is 0 Å². The predicted molar refractivity (Wildman–Crippen MR) is 127 cm³/mol. The maximum atomic E-state index is 13.7. The number of hydrogen-bond donors (Lipinski definition) is 0. The maximum Gasteiger partial charge on any atom is 0.231 e. The van der Waals surface area contributed by atoms with Crippen molar-refractivity contribution in [3.8, 4) is 28.7 Å². The van der Waals surface area contributed by atoms with Crippen molar-refractivity contribution < 1.29 is 33.3 Å². The van der Waals surface area contributed by atoms with Gasteiger partial charge in [0, 0.05) is 31.3 Å². The Bertz CT molecular complexity index is 1100. The van der Waals surface area contributed by atoms with Crippen LogP contribution in [0.5, 0.6) is 28.7 Å². The first-order valence-corrected chi connectivity index (χ1v) is 11.9. The zero-order chi connectivity index (χ0) is 24.5. The smallest absolute Gasteiger partial charge is 0.231 e. The summed E-state index contributed by atoms with van der Waals surface area (Å²) in [5.74, 6) is 2.19. The second kappa shape index (κ2) is 9.56. The van der Waals surface area contributed by atoms with Gasteiger partial charge < -0.3 is 33.5 Å². The van der Waals surface area contributed by atoms with Gasteiger partial charge in [0.2, 0.25) is 24.4 Å². The number of benzene rings is 2. The number of methoxy groups -OCH3 is 3. The molecule has 9 nitrogen and oxygen atoms in total. The quantitative estimate of drug-likeness (QED) is 0.622. The number of amides is 2.